The van der Waals surface area contributed by atoms with E-state index in [-0.39, 0.29) is 38.4 Å². The van der Waals surface area contributed by atoms with Crippen LogP contribution in [0.2, 0.25) is 0 Å². The summed E-state index contributed by atoms with van der Waals surface area (Å²) in [5.74, 6) is 0.962. The van der Waals surface area contributed by atoms with Crippen molar-refractivity contribution < 1.29 is 38.0 Å². The molecule has 0 spiro atoms. The summed E-state index contributed by atoms with van der Waals surface area (Å²) in [5.41, 5.74) is 0. The second-order valence-electron chi connectivity index (χ2n) is 13.8. The maximum Gasteiger partial charge on any atom is 0.306 e. The van der Waals surface area contributed by atoms with Crippen LogP contribution >= 0.6 is 0 Å². The van der Waals surface area contributed by atoms with Crippen LogP contribution in [-0.2, 0) is 28.5 Å². The van der Waals surface area contributed by atoms with Gasteiger partial charge in [0.25, 0.3) is 0 Å². The van der Waals surface area contributed by atoms with Crippen molar-refractivity contribution in [2.45, 2.75) is 143 Å². The Hall–Kier alpha value is -3.36. The number of rotatable bonds is 30. The highest BCUT2D eigenvalue weighted by molar-refractivity contribution is 6.11. The number of benzene rings is 3. The summed E-state index contributed by atoms with van der Waals surface area (Å²) >= 11 is 0. The van der Waals surface area contributed by atoms with E-state index in [0.29, 0.717) is 37.6 Å². The summed E-state index contributed by atoms with van der Waals surface area (Å²) in [6, 6.07) is 16.0. The summed E-state index contributed by atoms with van der Waals surface area (Å²) in [4.78, 5) is 25.7. The van der Waals surface area contributed by atoms with Crippen LogP contribution < -0.4 is 9.47 Å². The summed E-state index contributed by atoms with van der Waals surface area (Å²) < 4.78 is 36.8. The number of hydrogen-bond donors (Lipinski definition) is 0. The second kappa shape index (κ2) is 26.4. The van der Waals surface area contributed by atoms with Crippen molar-refractivity contribution in [3.63, 3.8) is 0 Å². The molecule has 0 aromatic heterocycles. The Morgan fingerprint density at radius 3 is 1.15 bits per heavy atom. The van der Waals surface area contributed by atoms with Gasteiger partial charge in [-0.1, -0.05) is 140 Å². The zero-order valence-electron chi connectivity index (χ0n) is 32.6. The molecule has 2 atom stereocenters. The predicted molar refractivity (Wildman–Crippen MR) is 210 cm³/mol. The second-order valence-corrected chi connectivity index (χ2v) is 13.8. The highest BCUT2D eigenvalue weighted by Gasteiger charge is 2.22. The molecule has 0 saturated heterocycles. The van der Waals surface area contributed by atoms with Gasteiger partial charge in [0.05, 0.1) is 13.2 Å². The van der Waals surface area contributed by atoms with E-state index >= 15 is 0 Å². The van der Waals surface area contributed by atoms with Crippen LogP contribution in [0, 0.1) is 0 Å². The zero-order valence-corrected chi connectivity index (χ0v) is 32.6. The third kappa shape index (κ3) is 15.7. The number of carbonyl (C=O) groups excluding carboxylic acids is 2. The average Bonchev–Trinajstić information content (AvgIpc) is 3.15. The minimum absolute atomic E-state index is 0.160. The van der Waals surface area contributed by atoms with E-state index in [9.17, 15) is 9.59 Å². The third-order valence-corrected chi connectivity index (χ3v) is 9.12. The summed E-state index contributed by atoms with van der Waals surface area (Å²) in [7, 11) is 0. The third-order valence-electron chi connectivity index (χ3n) is 9.12. The molecular formula is C44H66O8. The molecule has 0 saturated carbocycles. The molecule has 3 aromatic rings. The normalized spacial score (nSPS) is 12.5. The van der Waals surface area contributed by atoms with Gasteiger partial charge in [0.15, 0.2) is 12.2 Å². The molecule has 290 valence electrons. The number of unbranched alkanes of at least 4 members (excludes halogenated alkanes) is 10. The van der Waals surface area contributed by atoms with Crippen LogP contribution in [0.3, 0.4) is 0 Å². The number of fused-ring (bicyclic) bond motifs is 2. The monoisotopic (exact) mass is 722 g/mol. The molecule has 0 aliphatic carbocycles. The van der Waals surface area contributed by atoms with Gasteiger partial charge in [-0.2, -0.15) is 0 Å². The smallest absolute Gasteiger partial charge is 0.306 e. The molecule has 0 radical (unpaired) electrons. The molecule has 2 unspecified atom stereocenters. The van der Waals surface area contributed by atoms with Crippen molar-refractivity contribution in [2.24, 2.45) is 0 Å². The van der Waals surface area contributed by atoms with Crippen LogP contribution in [0.15, 0.2) is 48.5 Å². The van der Waals surface area contributed by atoms with Gasteiger partial charge in [0.2, 0.25) is 0 Å². The summed E-state index contributed by atoms with van der Waals surface area (Å²) in [6.07, 6.45) is 14.3. The van der Waals surface area contributed by atoms with Crippen LogP contribution in [0.25, 0.3) is 21.5 Å². The maximum absolute atomic E-state index is 12.8. The number of carbonyl (C=O) groups is 2. The predicted octanol–water partition coefficient (Wildman–Crippen LogP) is 10.9. The van der Waals surface area contributed by atoms with Crippen molar-refractivity contribution in [3.05, 3.63) is 48.5 Å². The lowest BCUT2D eigenvalue weighted by atomic mass is 10.0. The standard InChI is InChI=1S/C44H66O8/c1-5-9-13-15-17-27-41(45)51-35(31-47-29-11-7-3)33-49-43-37-23-19-21-25-39(37)44(40-26-22-20-24-38(40)43)50-34-36(32-48-30-12-8-4)52-42(46)28-18-16-14-10-6-2/h19-26,35-36H,5-18,27-34H2,1-4H3. The fraction of sp³-hybridized carbons (Fsp3) is 0.636. The molecule has 0 bridgehead atoms. The SMILES string of the molecule is CCCCCCCC(=O)OC(COCCCC)COc1c2ccccc2c(OCC(COCCCC)OC(=O)CCCCCCC)c2ccccc12. The molecule has 0 heterocycles. The molecular weight excluding hydrogens is 656 g/mol. The molecule has 0 N–H and O–H groups in total. The number of hydrogen-bond acceptors (Lipinski definition) is 8. The minimum Gasteiger partial charge on any atom is -0.488 e. The zero-order chi connectivity index (χ0) is 37.2. The molecule has 8 heteroatoms. The molecule has 8 nitrogen and oxygen atoms in total. The minimum atomic E-state index is -0.539. The van der Waals surface area contributed by atoms with Crippen LogP contribution in [-0.4, -0.2) is 63.8 Å². The van der Waals surface area contributed by atoms with Gasteiger partial charge in [-0.3, -0.25) is 9.59 Å². The first-order valence-electron chi connectivity index (χ1n) is 20.3. The maximum atomic E-state index is 12.8. The first kappa shape index (κ1) is 43.0. The quantitative estimate of drug-likeness (QED) is 0.0382. The first-order chi connectivity index (χ1) is 25.5. The Morgan fingerprint density at radius 2 is 0.808 bits per heavy atom. The number of esters is 2. The lowest BCUT2D eigenvalue weighted by molar-refractivity contribution is -0.155. The fourth-order valence-corrected chi connectivity index (χ4v) is 6.10. The van der Waals surface area contributed by atoms with Crippen LogP contribution in [0.5, 0.6) is 11.5 Å². The first-order valence-corrected chi connectivity index (χ1v) is 20.3. The Balaban J connectivity index is 1.80. The highest BCUT2D eigenvalue weighted by Crippen LogP contribution is 2.43. The van der Waals surface area contributed by atoms with Crippen molar-refractivity contribution in [1.82, 2.24) is 0 Å². The Morgan fingerprint density at radius 1 is 0.462 bits per heavy atom. The molecule has 3 rings (SSSR count). The van der Waals surface area contributed by atoms with Gasteiger partial charge in [-0.15, -0.1) is 0 Å². The Kier molecular flexibility index (Phi) is 21.9. The summed E-state index contributed by atoms with van der Waals surface area (Å²) in [5, 5.41) is 3.51. The molecule has 0 fully saturated rings. The molecule has 52 heavy (non-hydrogen) atoms. The van der Waals surface area contributed by atoms with E-state index in [2.05, 4.69) is 27.7 Å². The lowest BCUT2D eigenvalue weighted by Gasteiger charge is -2.23. The van der Waals surface area contributed by atoms with E-state index < -0.39 is 12.2 Å². The van der Waals surface area contributed by atoms with Crippen molar-refractivity contribution in [3.8, 4) is 11.5 Å². The lowest BCUT2D eigenvalue weighted by Crippen LogP contribution is -2.30. The van der Waals surface area contributed by atoms with Crippen LogP contribution in [0.4, 0.5) is 0 Å². The van der Waals surface area contributed by atoms with E-state index in [1.807, 2.05) is 48.5 Å². The van der Waals surface area contributed by atoms with E-state index in [1.54, 1.807) is 0 Å². The van der Waals surface area contributed by atoms with Crippen molar-refractivity contribution in [2.75, 3.05) is 39.6 Å². The van der Waals surface area contributed by atoms with Gasteiger partial charge in [-0.25, -0.2) is 0 Å². The highest BCUT2D eigenvalue weighted by atomic mass is 16.6. The van der Waals surface area contributed by atoms with E-state index in [0.717, 1.165) is 85.8 Å². The molecule has 0 aliphatic rings. The van der Waals surface area contributed by atoms with E-state index in [1.165, 1.54) is 25.7 Å². The van der Waals surface area contributed by atoms with Crippen LogP contribution in [0.1, 0.15) is 130 Å². The van der Waals surface area contributed by atoms with E-state index in [4.69, 9.17) is 28.4 Å². The fourth-order valence-electron chi connectivity index (χ4n) is 6.10. The van der Waals surface area contributed by atoms with Gasteiger partial charge >= 0.3 is 11.9 Å². The topological polar surface area (TPSA) is 89.5 Å². The molecule has 0 aliphatic heterocycles. The largest absolute Gasteiger partial charge is 0.488 e. The number of ether oxygens (including phenoxy) is 6. The Bertz CT molecular complexity index is 1260. The van der Waals surface area contributed by atoms with Crippen molar-refractivity contribution >= 4 is 33.5 Å². The summed E-state index contributed by atoms with van der Waals surface area (Å²) in [6.45, 7) is 10.7. The van der Waals surface area contributed by atoms with Gasteiger partial charge in [-0.05, 0) is 25.7 Å². The van der Waals surface area contributed by atoms with Gasteiger partial charge < -0.3 is 28.4 Å². The molecule has 0 amide bonds. The van der Waals surface area contributed by atoms with Crippen molar-refractivity contribution in [1.29, 1.82) is 0 Å². The Labute approximate surface area is 313 Å². The molecule has 3 aromatic carbocycles. The van der Waals surface area contributed by atoms with Gasteiger partial charge in [0.1, 0.15) is 24.7 Å². The average molecular weight is 723 g/mol. The van der Waals surface area contributed by atoms with Gasteiger partial charge in [0, 0.05) is 47.6 Å².